The van der Waals surface area contributed by atoms with Gasteiger partial charge in [0.2, 0.25) is 0 Å². The van der Waals surface area contributed by atoms with E-state index < -0.39 is 0 Å². The minimum Gasteiger partial charge on any atom is -0.493 e. The van der Waals surface area contributed by atoms with E-state index >= 15 is 0 Å². The molecule has 160 valence electrons. The van der Waals surface area contributed by atoms with Gasteiger partial charge in [-0.3, -0.25) is 0 Å². The maximum Gasteiger partial charge on any atom is 0.191 e. The molecular formula is C21H29FIN3O3. The van der Waals surface area contributed by atoms with Gasteiger partial charge in [0.25, 0.3) is 0 Å². The van der Waals surface area contributed by atoms with Crippen LogP contribution in [0.25, 0.3) is 0 Å². The zero-order valence-electron chi connectivity index (χ0n) is 17.2. The first-order valence-electron chi connectivity index (χ1n) is 9.12. The standard InChI is InChI=1S/C21H28FN3O3.HI/c1-5-23-21(24-13-15-6-11-18(26-2)19(12-15)27-3)25-14-20(28-4)16-7-9-17(22)10-8-16;/h6-12,20H,5,13-14H2,1-4H3,(H2,23,24,25);1H. The van der Waals surface area contributed by atoms with Gasteiger partial charge < -0.3 is 24.8 Å². The van der Waals surface area contributed by atoms with E-state index in [1.807, 2.05) is 25.1 Å². The second-order valence-electron chi connectivity index (χ2n) is 6.04. The fourth-order valence-corrected chi connectivity index (χ4v) is 2.70. The molecule has 2 N–H and O–H groups in total. The third-order valence-corrected chi connectivity index (χ3v) is 4.19. The van der Waals surface area contributed by atoms with Gasteiger partial charge in [0, 0.05) is 20.2 Å². The van der Waals surface area contributed by atoms with Crippen LogP contribution in [0.15, 0.2) is 47.5 Å². The lowest BCUT2D eigenvalue weighted by molar-refractivity contribution is 0.106. The van der Waals surface area contributed by atoms with Crippen molar-refractivity contribution in [1.29, 1.82) is 0 Å². The molecule has 2 rings (SSSR count). The van der Waals surface area contributed by atoms with Crippen molar-refractivity contribution in [2.24, 2.45) is 4.99 Å². The molecule has 6 nitrogen and oxygen atoms in total. The predicted molar refractivity (Wildman–Crippen MR) is 124 cm³/mol. The van der Waals surface area contributed by atoms with Crippen LogP contribution in [0, 0.1) is 5.82 Å². The monoisotopic (exact) mass is 517 g/mol. The van der Waals surface area contributed by atoms with Crippen LogP contribution in [0.3, 0.4) is 0 Å². The molecule has 0 saturated heterocycles. The molecule has 0 radical (unpaired) electrons. The number of nitrogens with zero attached hydrogens (tertiary/aromatic N) is 1. The number of methoxy groups -OCH3 is 3. The molecule has 0 aliphatic heterocycles. The number of rotatable bonds is 9. The van der Waals surface area contributed by atoms with E-state index in [4.69, 9.17) is 14.2 Å². The second kappa shape index (κ2) is 13.2. The van der Waals surface area contributed by atoms with Crippen molar-refractivity contribution in [3.8, 4) is 11.5 Å². The summed E-state index contributed by atoms with van der Waals surface area (Å²) in [5.41, 5.74) is 1.89. The first kappa shape index (κ1) is 25.0. The molecule has 1 atom stereocenters. The van der Waals surface area contributed by atoms with Crippen LogP contribution in [0.2, 0.25) is 0 Å². The van der Waals surface area contributed by atoms with Crippen LogP contribution in [-0.2, 0) is 11.3 Å². The van der Waals surface area contributed by atoms with Crippen LogP contribution in [0.4, 0.5) is 4.39 Å². The van der Waals surface area contributed by atoms with Gasteiger partial charge in [-0.2, -0.15) is 0 Å². The summed E-state index contributed by atoms with van der Waals surface area (Å²) < 4.78 is 29.2. The minimum atomic E-state index is -0.267. The van der Waals surface area contributed by atoms with Gasteiger partial charge in [0.15, 0.2) is 17.5 Å². The van der Waals surface area contributed by atoms with E-state index in [2.05, 4.69) is 15.6 Å². The summed E-state index contributed by atoms with van der Waals surface area (Å²) in [5, 5.41) is 6.48. The lowest BCUT2D eigenvalue weighted by Gasteiger charge is -2.19. The maximum atomic E-state index is 13.1. The SMILES string of the molecule is CCNC(=NCc1ccc(OC)c(OC)c1)NCC(OC)c1ccc(F)cc1.I. The molecule has 29 heavy (non-hydrogen) atoms. The molecule has 0 aliphatic carbocycles. The average molecular weight is 517 g/mol. The molecule has 0 amide bonds. The Morgan fingerprint density at radius 3 is 2.28 bits per heavy atom. The summed E-state index contributed by atoms with van der Waals surface area (Å²) in [6.07, 6.45) is -0.217. The lowest BCUT2D eigenvalue weighted by Crippen LogP contribution is -2.39. The molecule has 0 fully saturated rings. The Bertz CT molecular complexity index is 772. The normalized spacial score (nSPS) is 12.0. The molecule has 2 aromatic rings. The number of guanidine groups is 1. The van der Waals surface area contributed by atoms with Crippen molar-refractivity contribution in [3.05, 3.63) is 59.4 Å². The largest absolute Gasteiger partial charge is 0.493 e. The van der Waals surface area contributed by atoms with Crippen LogP contribution in [0.5, 0.6) is 11.5 Å². The van der Waals surface area contributed by atoms with Gasteiger partial charge in [-0.25, -0.2) is 9.38 Å². The molecule has 8 heteroatoms. The number of benzene rings is 2. The van der Waals surface area contributed by atoms with E-state index in [1.54, 1.807) is 33.5 Å². The summed E-state index contributed by atoms with van der Waals surface area (Å²) in [6, 6.07) is 12.0. The molecule has 0 aromatic heterocycles. The van der Waals surface area contributed by atoms with E-state index in [9.17, 15) is 4.39 Å². The molecule has 0 bridgehead atoms. The zero-order valence-corrected chi connectivity index (χ0v) is 19.5. The predicted octanol–water partition coefficient (Wildman–Crippen LogP) is 3.90. The zero-order chi connectivity index (χ0) is 20.4. The third-order valence-electron chi connectivity index (χ3n) is 4.19. The molecule has 0 heterocycles. The van der Waals surface area contributed by atoms with E-state index in [-0.39, 0.29) is 35.9 Å². The highest BCUT2D eigenvalue weighted by atomic mass is 127. The fourth-order valence-electron chi connectivity index (χ4n) is 2.70. The summed E-state index contributed by atoms with van der Waals surface area (Å²) in [6.45, 7) is 3.71. The third kappa shape index (κ3) is 7.69. The fraction of sp³-hybridized carbons (Fsp3) is 0.381. The number of ether oxygens (including phenoxy) is 3. The number of halogens is 2. The van der Waals surface area contributed by atoms with Crippen LogP contribution < -0.4 is 20.1 Å². The molecule has 1 unspecified atom stereocenters. The van der Waals surface area contributed by atoms with Crippen molar-refractivity contribution in [2.45, 2.75) is 19.6 Å². The second-order valence-corrected chi connectivity index (χ2v) is 6.04. The Balaban J connectivity index is 0.00000420. The van der Waals surface area contributed by atoms with Gasteiger partial charge in [0.1, 0.15) is 5.82 Å². The number of hydrogen-bond acceptors (Lipinski definition) is 4. The van der Waals surface area contributed by atoms with Crippen LogP contribution >= 0.6 is 24.0 Å². The van der Waals surface area contributed by atoms with Gasteiger partial charge in [-0.05, 0) is 42.3 Å². The van der Waals surface area contributed by atoms with Gasteiger partial charge in [-0.1, -0.05) is 18.2 Å². The minimum absolute atomic E-state index is 0. The number of hydrogen-bond donors (Lipinski definition) is 2. The molecule has 0 saturated carbocycles. The molecule has 2 aromatic carbocycles. The summed E-state index contributed by atoms with van der Waals surface area (Å²) >= 11 is 0. The topological polar surface area (TPSA) is 64.1 Å². The smallest absolute Gasteiger partial charge is 0.191 e. The Morgan fingerprint density at radius 1 is 1.00 bits per heavy atom. The average Bonchev–Trinajstić information content (AvgIpc) is 2.73. The lowest BCUT2D eigenvalue weighted by atomic mass is 10.1. The first-order chi connectivity index (χ1) is 13.6. The van der Waals surface area contributed by atoms with Crippen molar-refractivity contribution >= 4 is 29.9 Å². The highest BCUT2D eigenvalue weighted by Gasteiger charge is 2.11. The van der Waals surface area contributed by atoms with Crippen molar-refractivity contribution in [3.63, 3.8) is 0 Å². The summed E-state index contributed by atoms with van der Waals surface area (Å²) in [7, 11) is 4.84. The highest BCUT2D eigenvalue weighted by Crippen LogP contribution is 2.27. The van der Waals surface area contributed by atoms with Crippen LogP contribution in [-0.4, -0.2) is 40.4 Å². The quantitative estimate of drug-likeness (QED) is 0.300. The molecule has 0 aliphatic rings. The Labute approximate surface area is 188 Å². The molecular weight excluding hydrogens is 488 g/mol. The van der Waals surface area contributed by atoms with Crippen molar-refractivity contribution in [2.75, 3.05) is 34.4 Å². The Kier molecular flexibility index (Phi) is 11.4. The summed E-state index contributed by atoms with van der Waals surface area (Å²) in [4.78, 5) is 4.61. The summed E-state index contributed by atoms with van der Waals surface area (Å²) in [5.74, 6) is 1.75. The van der Waals surface area contributed by atoms with Gasteiger partial charge in [0.05, 0.1) is 26.9 Å². The highest BCUT2D eigenvalue weighted by molar-refractivity contribution is 14.0. The van der Waals surface area contributed by atoms with Crippen LogP contribution in [0.1, 0.15) is 24.2 Å². The maximum absolute atomic E-state index is 13.1. The van der Waals surface area contributed by atoms with Crippen molar-refractivity contribution in [1.82, 2.24) is 10.6 Å². The van der Waals surface area contributed by atoms with E-state index in [1.165, 1.54) is 12.1 Å². The van der Waals surface area contributed by atoms with E-state index in [0.29, 0.717) is 30.5 Å². The molecule has 0 spiro atoms. The Hall–Kier alpha value is -2.07. The van der Waals surface area contributed by atoms with Gasteiger partial charge in [-0.15, -0.1) is 24.0 Å². The number of aliphatic imine (C=N–C) groups is 1. The van der Waals surface area contributed by atoms with E-state index in [0.717, 1.165) is 17.7 Å². The first-order valence-corrected chi connectivity index (χ1v) is 9.12. The van der Waals surface area contributed by atoms with Crippen molar-refractivity contribution < 1.29 is 18.6 Å². The number of nitrogens with one attached hydrogen (secondary N) is 2. The Morgan fingerprint density at radius 2 is 1.69 bits per heavy atom. The van der Waals surface area contributed by atoms with Gasteiger partial charge >= 0.3 is 0 Å².